The molecule has 1 aromatic carbocycles. The van der Waals surface area contributed by atoms with Crippen LogP contribution in [0.25, 0.3) is 0 Å². The summed E-state index contributed by atoms with van der Waals surface area (Å²) in [4.78, 5) is 0. The SMILES string of the molecule is Cn1nccc1C(N)c1ccc(F)c(Cl)c1. The second-order valence-electron chi connectivity index (χ2n) is 3.53. The summed E-state index contributed by atoms with van der Waals surface area (Å²) < 4.78 is 14.7. The molecule has 1 atom stereocenters. The van der Waals surface area contributed by atoms with Gasteiger partial charge in [-0.15, -0.1) is 0 Å². The number of rotatable bonds is 2. The summed E-state index contributed by atoms with van der Waals surface area (Å²) in [6.07, 6.45) is 1.67. The molecule has 5 heteroatoms. The van der Waals surface area contributed by atoms with Crippen LogP contribution in [-0.2, 0) is 7.05 Å². The normalized spacial score (nSPS) is 12.8. The molecule has 0 bridgehead atoms. The van der Waals surface area contributed by atoms with Crippen molar-refractivity contribution in [3.8, 4) is 0 Å². The van der Waals surface area contributed by atoms with Crippen molar-refractivity contribution in [2.45, 2.75) is 6.04 Å². The highest BCUT2D eigenvalue weighted by Gasteiger charge is 2.13. The highest BCUT2D eigenvalue weighted by Crippen LogP contribution is 2.23. The molecule has 0 spiro atoms. The zero-order chi connectivity index (χ0) is 11.7. The Bertz CT molecular complexity index is 510. The van der Waals surface area contributed by atoms with E-state index in [1.54, 1.807) is 24.0 Å². The minimum Gasteiger partial charge on any atom is -0.319 e. The lowest BCUT2D eigenvalue weighted by Gasteiger charge is -2.12. The molecule has 1 aromatic heterocycles. The van der Waals surface area contributed by atoms with E-state index in [0.717, 1.165) is 11.3 Å². The average molecular weight is 240 g/mol. The van der Waals surface area contributed by atoms with Crippen LogP contribution in [-0.4, -0.2) is 9.78 Å². The molecule has 1 heterocycles. The maximum absolute atomic E-state index is 13.0. The number of halogens is 2. The van der Waals surface area contributed by atoms with E-state index in [1.165, 1.54) is 12.1 Å². The summed E-state index contributed by atoms with van der Waals surface area (Å²) >= 11 is 5.71. The minimum absolute atomic E-state index is 0.0788. The molecule has 1 unspecified atom stereocenters. The number of nitrogens with zero attached hydrogens (tertiary/aromatic N) is 2. The molecule has 16 heavy (non-hydrogen) atoms. The minimum atomic E-state index is -0.442. The fourth-order valence-corrected chi connectivity index (χ4v) is 1.75. The van der Waals surface area contributed by atoms with Gasteiger partial charge in [-0.2, -0.15) is 5.10 Å². The van der Waals surface area contributed by atoms with E-state index < -0.39 is 5.82 Å². The van der Waals surface area contributed by atoms with Crippen LogP contribution in [0.15, 0.2) is 30.5 Å². The number of aryl methyl sites for hydroxylation is 1. The molecule has 84 valence electrons. The van der Waals surface area contributed by atoms with E-state index in [1.807, 2.05) is 6.07 Å². The van der Waals surface area contributed by atoms with Crippen molar-refractivity contribution in [3.05, 3.63) is 52.6 Å². The second-order valence-corrected chi connectivity index (χ2v) is 3.94. The second kappa shape index (κ2) is 4.23. The molecule has 0 amide bonds. The Balaban J connectivity index is 2.38. The number of hydrogen-bond donors (Lipinski definition) is 1. The maximum atomic E-state index is 13.0. The van der Waals surface area contributed by atoms with Crippen molar-refractivity contribution in [1.82, 2.24) is 9.78 Å². The summed E-state index contributed by atoms with van der Waals surface area (Å²) in [7, 11) is 1.81. The van der Waals surface area contributed by atoms with E-state index in [2.05, 4.69) is 5.10 Å². The standard InChI is InChI=1S/C11H11ClFN3/c1-16-10(4-5-15-16)11(14)7-2-3-9(13)8(12)6-7/h2-6,11H,14H2,1H3. The smallest absolute Gasteiger partial charge is 0.141 e. The van der Waals surface area contributed by atoms with Crippen molar-refractivity contribution >= 4 is 11.6 Å². The summed E-state index contributed by atoms with van der Waals surface area (Å²) in [5, 5.41) is 4.11. The van der Waals surface area contributed by atoms with Crippen LogP contribution in [0.3, 0.4) is 0 Å². The first-order valence-corrected chi connectivity index (χ1v) is 5.16. The van der Waals surface area contributed by atoms with Crippen molar-refractivity contribution in [2.24, 2.45) is 12.8 Å². The van der Waals surface area contributed by atoms with Gasteiger partial charge in [0.05, 0.1) is 16.8 Å². The van der Waals surface area contributed by atoms with Gasteiger partial charge in [0.25, 0.3) is 0 Å². The molecule has 0 aliphatic rings. The number of nitrogens with two attached hydrogens (primary N) is 1. The van der Waals surface area contributed by atoms with E-state index in [4.69, 9.17) is 17.3 Å². The zero-order valence-corrected chi connectivity index (χ0v) is 9.45. The Kier molecular flexibility index (Phi) is 2.94. The fourth-order valence-electron chi connectivity index (χ4n) is 1.57. The molecule has 0 saturated heterocycles. The molecule has 0 radical (unpaired) electrons. The number of hydrogen-bond acceptors (Lipinski definition) is 2. The average Bonchev–Trinajstić information content (AvgIpc) is 2.67. The molecular weight excluding hydrogens is 229 g/mol. The predicted molar refractivity (Wildman–Crippen MR) is 60.6 cm³/mol. The monoisotopic (exact) mass is 239 g/mol. The lowest BCUT2D eigenvalue weighted by Crippen LogP contribution is -2.16. The van der Waals surface area contributed by atoms with E-state index in [-0.39, 0.29) is 11.1 Å². The molecule has 0 aliphatic carbocycles. The molecule has 2 rings (SSSR count). The van der Waals surface area contributed by atoms with Gasteiger partial charge in [-0.1, -0.05) is 17.7 Å². The predicted octanol–water partition coefficient (Wildman–Crippen LogP) is 2.26. The van der Waals surface area contributed by atoms with E-state index in [9.17, 15) is 4.39 Å². The molecule has 3 nitrogen and oxygen atoms in total. The molecule has 0 saturated carbocycles. The Hall–Kier alpha value is -1.39. The van der Waals surface area contributed by atoms with Crippen LogP contribution in [0, 0.1) is 5.82 Å². The molecule has 2 N–H and O–H groups in total. The van der Waals surface area contributed by atoms with Crippen molar-refractivity contribution < 1.29 is 4.39 Å². The summed E-state index contributed by atoms with van der Waals surface area (Å²) in [5.74, 6) is -0.442. The van der Waals surface area contributed by atoms with Crippen LogP contribution in [0.2, 0.25) is 5.02 Å². The van der Waals surface area contributed by atoms with Crippen LogP contribution >= 0.6 is 11.6 Å². The first kappa shape index (κ1) is 11.1. The third-order valence-electron chi connectivity index (χ3n) is 2.48. The van der Waals surface area contributed by atoms with Crippen molar-refractivity contribution in [2.75, 3.05) is 0 Å². The quantitative estimate of drug-likeness (QED) is 0.874. The van der Waals surface area contributed by atoms with Crippen LogP contribution in [0.5, 0.6) is 0 Å². The van der Waals surface area contributed by atoms with Crippen LogP contribution < -0.4 is 5.73 Å². The topological polar surface area (TPSA) is 43.8 Å². The largest absolute Gasteiger partial charge is 0.319 e. The van der Waals surface area contributed by atoms with Gasteiger partial charge in [0.15, 0.2) is 0 Å². The fraction of sp³-hybridized carbons (Fsp3) is 0.182. The van der Waals surface area contributed by atoms with E-state index in [0.29, 0.717) is 0 Å². The molecule has 0 fully saturated rings. The Morgan fingerprint density at radius 3 is 2.75 bits per heavy atom. The first-order chi connectivity index (χ1) is 7.59. The highest BCUT2D eigenvalue weighted by atomic mass is 35.5. The lowest BCUT2D eigenvalue weighted by molar-refractivity contribution is 0.625. The lowest BCUT2D eigenvalue weighted by atomic mass is 10.0. The van der Waals surface area contributed by atoms with Gasteiger partial charge >= 0.3 is 0 Å². The molecule has 2 aromatic rings. The van der Waals surface area contributed by atoms with Crippen LogP contribution in [0.4, 0.5) is 4.39 Å². The van der Waals surface area contributed by atoms with Gasteiger partial charge in [-0.05, 0) is 23.8 Å². The van der Waals surface area contributed by atoms with E-state index >= 15 is 0 Å². The van der Waals surface area contributed by atoms with Crippen molar-refractivity contribution in [1.29, 1.82) is 0 Å². The highest BCUT2D eigenvalue weighted by molar-refractivity contribution is 6.30. The first-order valence-electron chi connectivity index (χ1n) is 4.78. The summed E-state index contributed by atoms with van der Waals surface area (Å²) in [5.41, 5.74) is 7.65. The summed E-state index contributed by atoms with van der Waals surface area (Å²) in [6.45, 7) is 0. The maximum Gasteiger partial charge on any atom is 0.141 e. The Morgan fingerprint density at radius 1 is 1.44 bits per heavy atom. The Morgan fingerprint density at radius 2 is 2.19 bits per heavy atom. The Labute approximate surface area is 97.6 Å². The van der Waals surface area contributed by atoms with Gasteiger partial charge in [-0.25, -0.2) is 4.39 Å². The number of aromatic nitrogens is 2. The van der Waals surface area contributed by atoms with Gasteiger partial charge < -0.3 is 5.73 Å². The molecular formula is C11H11ClFN3. The van der Waals surface area contributed by atoms with Gasteiger partial charge in [0, 0.05) is 13.2 Å². The van der Waals surface area contributed by atoms with Gasteiger partial charge in [-0.3, -0.25) is 4.68 Å². The van der Waals surface area contributed by atoms with Gasteiger partial charge in [0.2, 0.25) is 0 Å². The number of benzene rings is 1. The zero-order valence-electron chi connectivity index (χ0n) is 8.69. The van der Waals surface area contributed by atoms with Gasteiger partial charge in [0.1, 0.15) is 5.82 Å². The molecule has 0 aliphatic heterocycles. The summed E-state index contributed by atoms with van der Waals surface area (Å²) in [6, 6.07) is 5.94. The third-order valence-corrected chi connectivity index (χ3v) is 2.77. The third kappa shape index (κ3) is 1.94. The van der Waals surface area contributed by atoms with Crippen LogP contribution in [0.1, 0.15) is 17.3 Å². The van der Waals surface area contributed by atoms with Crippen molar-refractivity contribution in [3.63, 3.8) is 0 Å².